The molecule has 0 aliphatic heterocycles. The summed E-state index contributed by atoms with van der Waals surface area (Å²) in [5, 5.41) is 0. The normalized spacial score (nSPS) is 11.2. The first-order valence-electron chi connectivity index (χ1n) is 18.0. The molecule has 0 aromatic heterocycles. The standard InChI is InChI=1S/C36H69IO3.ClH.K.Na.2H/c1-3-5-7-9-11-13-15-17-19-21-23-25-27-29-31-33-35(38)40-36(39)34(37)32-30-28-26-24-22-20-18-16-14-12-10-8-6-4-2;;;;;/h34H,3-33H2,1-2H3;1H;;;;. The van der Waals surface area contributed by atoms with Crippen LogP contribution in [0.1, 0.15) is 213 Å². The Bertz CT molecular complexity index is 557. The van der Waals surface area contributed by atoms with E-state index in [-0.39, 0.29) is 109 Å². The molecule has 43 heavy (non-hydrogen) atoms. The second kappa shape index (κ2) is 44.8. The zero-order valence-electron chi connectivity index (χ0n) is 27.5. The number of carbonyl (C=O) groups is 2. The van der Waals surface area contributed by atoms with Crippen molar-refractivity contribution >= 4 is 128 Å². The summed E-state index contributed by atoms with van der Waals surface area (Å²) in [6.07, 6.45) is 39.5. The molecule has 0 aliphatic carbocycles. The average Bonchev–Trinajstić information content (AvgIpc) is 2.95. The molecule has 0 aliphatic rings. The van der Waals surface area contributed by atoms with E-state index in [1.807, 2.05) is 0 Å². The van der Waals surface area contributed by atoms with E-state index in [2.05, 4.69) is 36.4 Å². The molecule has 1 unspecified atom stereocenters. The van der Waals surface area contributed by atoms with Crippen LogP contribution in [-0.4, -0.2) is 96.8 Å². The summed E-state index contributed by atoms with van der Waals surface area (Å²) in [5.41, 5.74) is 0. The Kier molecular flexibility index (Phi) is 54.8. The summed E-state index contributed by atoms with van der Waals surface area (Å²) in [6.45, 7) is 4.55. The second-order valence-corrected chi connectivity index (χ2v) is 13.8. The van der Waals surface area contributed by atoms with Gasteiger partial charge in [0.2, 0.25) is 0 Å². The fourth-order valence-electron chi connectivity index (χ4n) is 5.50. The van der Waals surface area contributed by atoms with Crippen LogP contribution in [0.25, 0.3) is 0 Å². The van der Waals surface area contributed by atoms with E-state index in [4.69, 9.17) is 4.74 Å². The van der Waals surface area contributed by atoms with Crippen molar-refractivity contribution in [2.75, 3.05) is 0 Å². The van der Waals surface area contributed by atoms with Gasteiger partial charge in [-0.15, -0.1) is 12.4 Å². The van der Waals surface area contributed by atoms with E-state index in [0.29, 0.717) is 6.42 Å². The van der Waals surface area contributed by atoms with Crippen LogP contribution in [-0.2, 0) is 14.3 Å². The molecule has 0 heterocycles. The van der Waals surface area contributed by atoms with Crippen molar-refractivity contribution in [2.45, 2.75) is 217 Å². The Morgan fingerprint density at radius 3 is 1.05 bits per heavy atom. The van der Waals surface area contributed by atoms with Gasteiger partial charge in [-0.05, 0) is 12.8 Å². The molecule has 0 aromatic carbocycles. The first-order valence-corrected chi connectivity index (χ1v) is 19.2. The topological polar surface area (TPSA) is 43.4 Å². The first kappa shape index (κ1) is 52.6. The number of carbonyl (C=O) groups excluding carboxylic acids is 2. The van der Waals surface area contributed by atoms with Crippen molar-refractivity contribution in [3.05, 3.63) is 0 Å². The van der Waals surface area contributed by atoms with Crippen molar-refractivity contribution in [3.63, 3.8) is 0 Å². The van der Waals surface area contributed by atoms with Crippen LogP contribution in [0.5, 0.6) is 0 Å². The summed E-state index contributed by atoms with van der Waals surface area (Å²) >= 11 is 2.15. The predicted octanol–water partition coefficient (Wildman–Crippen LogP) is 12.1. The van der Waals surface area contributed by atoms with Crippen molar-refractivity contribution in [2.24, 2.45) is 0 Å². The molecule has 0 bridgehead atoms. The van der Waals surface area contributed by atoms with Crippen LogP contribution >= 0.6 is 35.0 Å². The molecule has 1 atom stereocenters. The minimum absolute atomic E-state index is 0. The Balaban J connectivity index is -0.00000253. The van der Waals surface area contributed by atoms with Crippen LogP contribution in [0, 0.1) is 0 Å². The van der Waals surface area contributed by atoms with E-state index >= 15 is 0 Å². The summed E-state index contributed by atoms with van der Waals surface area (Å²) in [6, 6.07) is 0. The number of ether oxygens (including phenoxy) is 1. The summed E-state index contributed by atoms with van der Waals surface area (Å²) in [4.78, 5) is 24.3. The minimum atomic E-state index is -0.332. The predicted molar refractivity (Wildman–Crippen MR) is 205 cm³/mol. The van der Waals surface area contributed by atoms with E-state index in [1.54, 1.807) is 0 Å². The molecule has 0 N–H and O–H groups in total. The van der Waals surface area contributed by atoms with E-state index in [9.17, 15) is 9.59 Å². The molecule has 0 rings (SSSR count). The number of unbranched alkanes of at least 4 members (excludes halogenated alkanes) is 27. The molecule has 0 saturated heterocycles. The Hall–Kier alpha value is 2.80. The van der Waals surface area contributed by atoms with Crippen molar-refractivity contribution in [1.29, 1.82) is 0 Å². The molecule has 0 amide bonds. The van der Waals surface area contributed by atoms with E-state index in [1.165, 1.54) is 167 Å². The third kappa shape index (κ3) is 42.8. The van der Waals surface area contributed by atoms with Crippen LogP contribution in [0.3, 0.4) is 0 Å². The van der Waals surface area contributed by atoms with Gasteiger partial charge in [-0.25, -0.2) is 0 Å². The SMILES string of the molecule is CCCCCCCCCCCCCCCCCC(=O)OC(=O)C(I)CCCCCCCCCCCCCCCC.Cl.[KH].[NaH]. The maximum atomic E-state index is 12.2. The van der Waals surface area contributed by atoms with E-state index < -0.39 is 0 Å². The molecule has 3 nitrogen and oxygen atoms in total. The van der Waals surface area contributed by atoms with Gasteiger partial charge in [0.05, 0.1) is 0 Å². The number of rotatable bonds is 32. The number of alkyl halides is 1. The Morgan fingerprint density at radius 2 is 0.744 bits per heavy atom. The number of hydrogen-bond donors (Lipinski definition) is 0. The number of halogens is 2. The van der Waals surface area contributed by atoms with Gasteiger partial charge in [0.1, 0.15) is 3.92 Å². The van der Waals surface area contributed by atoms with Crippen LogP contribution in [0.2, 0.25) is 0 Å². The maximum absolute atomic E-state index is 12.2. The van der Waals surface area contributed by atoms with Crippen LogP contribution in [0.15, 0.2) is 0 Å². The molecule has 0 aromatic rings. The summed E-state index contributed by atoms with van der Waals surface area (Å²) in [5.74, 6) is -0.663. The molecule has 0 saturated carbocycles. The zero-order chi connectivity index (χ0) is 29.4. The summed E-state index contributed by atoms with van der Waals surface area (Å²) < 4.78 is 4.92. The van der Waals surface area contributed by atoms with Gasteiger partial charge < -0.3 is 4.74 Å². The van der Waals surface area contributed by atoms with Gasteiger partial charge in [-0.1, -0.05) is 216 Å². The van der Waals surface area contributed by atoms with Crippen molar-refractivity contribution < 1.29 is 14.3 Å². The van der Waals surface area contributed by atoms with Crippen molar-refractivity contribution in [1.82, 2.24) is 0 Å². The van der Waals surface area contributed by atoms with Gasteiger partial charge >= 0.3 is 92.9 Å². The third-order valence-corrected chi connectivity index (χ3v) is 9.40. The van der Waals surface area contributed by atoms with Gasteiger partial charge in [0.25, 0.3) is 0 Å². The van der Waals surface area contributed by atoms with Gasteiger partial charge in [0.15, 0.2) is 0 Å². The van der Waals surface area contributed by atoms with Gasteiger partial charge in [-0.3, -0.25) is 9.59 Å². The Morgan fingerprint density at radius 1 is 0.488 bits per heavy atom. The molecule has 250 valence electrons. The van der Waals surface area contributed by atoms with Crippen LogP contribution < -0.4 is 0 Å². The number of esters is 2. The average molecular weight is 777 g/mol. The Labute approximate surface area is 354 Å². The van der Waals surface area contributed by atoms with E-state index in [0.717, 1.165) is 25.7 Å². The molecular formula is C36H72ClIKNaO3. The molecule has 0 spiro atoms. The quantitative estimate of drug-likeness (QED) is 0.0171. The fraction of sp³-hybridized carbons (Fsp3) is 0.944. The monoisotopic (exact) mass is 776 g/mol. The first-order chi connectivity index (χ1) is 19.6. The fourth-order valence-corrected chi connectivity index (χ4v) is 6.07. The zero-order valence-corrected chi connectivity index (χ0v) is 30.5. The molecule has 0 radical (unpaired) electrons. The van der Waals surface area contributed by atoms with Gasteiger partial charge in [0, 0.05) is 6.42 Å². The number of hydrogen-bond acceptors (Lipinski definition) is 3. The van der Waals surface area contributed by atoms with Crippen molar-refractivity contribution in [3.8, 4) is 0 Å². The molecule has 0 fully saturated rings. The third-order valence-electron chi connectivity index (χ3n) is 8.27. The van der Waals surface area contributed by atoms with Gasteiger partial charge in [-0.2, -0.15) is 0 Å². The summed E-state index contributed by atoms with van der Waals surface area (Å²) in [7, 11) is 0. The molecular weight excluding hydrogens is 705 g/mol. The second-order valence-electron chi connectivity index (χ2n) is 12.3. The molecule has 7 heteroatoms. The van der Waals surface area contributed by atoms with Crippen LogP contribution in [0.4, 0.5) is 0 Å².